The van der Waals surface area contributed by atoms with E-state index in [4.69, 9.17) is 0 Å². The summed E-state index contributed by atoms with van der Waals surface area (Å²) in [6, 6.07) is 7.15. The Balaban J connectivity index is 2.07. The minimum Gasteiger partial charge on any atom is -0.381 e. The first-order valence-electron chi connectivity index (χ1n) is 5.80. The van der Waals surface area contributed by atoms with Crippen LogP contribution in [-0.4, -0.2) is 17.0 Å². The third-order valence-corrected chi connectivity index (χ3v) is 4.84. The number of aryl methyl sites for hydroxylation is 1. The van der Waals surface area contributed by atoms with E-state index in [1.807, 2.05) is 0 Å². The van der Waals surface area contributed by atoms with Crippen LogP contribution >= 0.6 is 27.7 Å². The topological polar surface area (TPSA) is 12.0 Å². The van der Waals surface area contributed by atoms with Crippen molar-refractivity contribution in [2.45, 2.75) is 38.0 Å². The summed E-state index contributed by atoms with van der Waals surface area (Å²) in [5.41, 5.74) is 2.54. The van der Waals surface area contributed by atoms with Crippen LogP contribution < -0.4 is 5.32 Å². The maximum absolute atomic E-state index is 3.66. The second-order valence-corrected chi connectivity index (χ2v) is 6.89. The molecule has 0 saturated carbocycles. The highest BCUT2D eigenvalue weighted by Crippen LogP contribution is 2.28. The van der Waals surface area contributed by atoms with E-state index >= 15 is 0 Å². The molecular formula is C13H18BrNS. The number of halogens is 1. The maximum Gasteiger partial charge on any atom is 0.0377 e. The van der Waals surface area contributed by atoms with Crippen molar-refractivity contribution >= 4 is 33.4 Å². The zero-order chi connectivity index (χ0) is 11.5. The molecule has 0 aromatic heterocycles. The summed E-state index contributed by atoms with van der Waals surface area (Å²) in [6.45, 7) is 4.46. The van der Waals surface area contributed by atoms with E-state index < -0.39 is 0 Å². The summed E-state index contributed by atoms with van der Waals surface area (Å²) in [5, 5.41) is 4.38. The molecule has 0 spiro atoms. The third kappa shape index (κ3) is 3.17. The van der Waals surface area contributed by atoms with Gasteiger partial charge in [-0.25, -0.2) is 0 Å². The molecule has 0 amide bonds. The lowest BCUT2D eigenvalue weighted by atomic mass is 10.1. The average molecular weight is 300 g/mol. The Kier molecular flexibility index (Phi) is 4.20. The fourth-order valence-electron chi connectivity index (χ4n) is 2.15. The molecule has 1 heterocycles. The summed E-state index contributed by atoms with van der Waals surface area (Å²) < 4.78 is 1.16. The Morgan fingerprint density at radius 3 is 2.88 bits per heavy atom. The second kappa shape index (κ2) is 5.46. The van der Waals surface area contributed by atoms with E-state index in [0.29, 0.717) is 11.3 Å². The second-order valence-electron chi connectivity index (χ2n) is 4.49. The van der Waals surface area contributed by atoms with Crippen molar-refractivity contribution < 1.29 is 0 Å². The molecule has 2 unspecified atom stereocenters. The highest BCUT2D eigenvalue weighted by atomic mass is 79.9. The van der Waals surface area contributed by atoms with Crippen molar-refractivity contribution in [3.63, 3.8) is 0 Å². The summed E-state index contributed by atoms with van der Waals surface area (Å²) >= 11 is 5.63. The third-order valence-electron chi connectivity index (χ3n) is 3.00. The minimum absolute atomic E-state index is 0.618. The van der Waals surface area contributed by atoms with Crippen molar-refractivity contribution in [1.29, 1.82) is 0 Å². The molecule has 88 valence electrons. The predicted molar refractivity (Wildman–Crippen MR) is 77.4 cm³/mol. The van der Waals surface area contributed by atoms with Gasteiger partial charge < -0.3 is 5.32 Å². The first kappa shape index (κ1) is 12.3. The molecule has 1 N–H and O–H groups in total. The van der Waals surface area contributed by atoms with Gasteiger partial charge in [0.25, 0.3) is 0 Å². The summed E-state index contributed by atoms with van der Waals surface area (Å²) in [6.07, 6.45) is 2.62. The van der Waals surface area contributed by atoms with Gasteiger partial charge in [-0.3, -0.25) is 0 Å². The Labute approximate surface area is 111 Å². The van der Waals surface area contributed by atoms with Gasteiger partial charge in [-0.15, -0.1) is 0 Å². The van der Waals surface area contributed by atoms with E-state index in [9.17, 15) is 0 Å². The molecule has 1 aliphatic rings. The zero-order valence-electron chi connectivity index (χ0n) is 9.79. The van der Waals surface area contributed by atoms with Crippen LogP contribution in [0.3, 0.4) is 0 Å². The number of thioether (sulfide) groups is 1. The van der Waals surface area contributed by atoms with E-state index in [2.05, 4.69) is 65.1 Å². The van der Waals surface area contributed by atoms with Crippen molar-refractivity contribution in [1.82, 2.24) is 0 Å². The van der Waals surface area contributed by atoms with Gasteiger partial charge in [0.1, 0.15) is 0 Å². The SMILES string of the molecule is Cc1cc(Br)cc(NC2CCCSC2C)c1. The summed E-state index contributed by atoms with van der Waals surface area (Å²) in [7, 11) is 0. The maximum atomic E-state index is 3.66. The standard InChI is InChI=1S/C13H18BrNS/c1-9-6-11(14)8-12(7-9)15-13-4-3-5-16-10(13)2/h6-8,10,13,15H,3-5H2,1-2H3. The Hall–Kier alpha value is -0.150. The average Bonchev–Trinajstić information content (AvgIpc) is 2.20. The van der Waals surface area contributed by atoms with Crippen molar-refractivity contribution in [2.75, 3.05) is 11.1 Å². The molecule has 0 radical (unpaired) electrons. The Morgan fingerprint density at radius 2 is 2.19 bits per heavy atom. The number of anilines is 1. The fourth-order valence-corrected chi connectivity index (χ4v) is 3.90. The molecule has 1 aliphatic heterocycles. The van der Waals surface area contributed by atoms with Gasteiger partial charge in [0.05, 0.1) is 0 Å². The van der Waals surface area contributed by atoms with Crippen LogP contribution in [0.25, 0.3) is 0 Å². The van der Waals surface area contributed by atoms with Crippen LogP contribution in [0.5, 0.6) is 0 Å². The molecule has 16 heavy (non-hydrogen) atoms. The lowest BCUT2D eigenvalue weighted by molar-refractivity contribution is 0.617. The van der Waals surface area contributed by atoms with Gasteiger partial charge in [0.15, 0.2) is 0 Å². The lowest BCUT2D eigenvalue weighted by Crippen LogP contribution is -2.32. The Bertz CT molecular complexity index is 347. The number of nitrogens with one attached hydrogen (secondary N) is 1. The molecule has 2 atom stereocenters. The van der Waals surface area contributed by atoms with Gasteiger partial charge in [-0.1, -0.05) is 22.9 Å². The van der Waals surface area contributed by atoms with Gasteiger partial charge >= 0.3 is 0 Å². The Morgan fingerprint density at radius 1 is 1.38 bits per heavy atom. The smallest absolute Gasteiger partial charge is 0.0377 e. The number of hydrogen-bond acceptors (Lipinski definition) is 2. The molecule has 1 nitrogen and oxygen atoms in total. The molecule has 1 fully saturated rings. The number of rotatable bonds is 2. The zero-order valence-corrected chi connectivity index (χ0v) is 12.2. The van der Waals surface area contributed by atoms with Gasteiger partial charge in [-0.05, 0) is 49.3 Å². The first-order valence-corrected chi connectivity index (χ1v) is 7.64. The summed E-state index contributed by atoms with van der Waals surface area (Å²) in [5.74, 6) is 1.32. The van der Waals surface area contributed by atoms with E-state index in [0.717, 1.165) is 4.47 Å². The molecule has 3 heteroatoms. The predicted octanol–water partition coefficient (Wildman–Crippen LogP) is 4.45. The highest BCUT2D eigenvalue weighted by Gasteiger charge is 2.21. The molecule has 1 aromatic carbocycles. The van der Waals surface area contributed by atoms with Crippen LogP contribution in [-0.2, 0) is 0 Å². The number of benzene rings is 1. The minimum atomic E-state index is 0.618. The first-order chi connectivity index (χ1) is 7.65. The van der Waals surface area contributed by atoms with E-state index in [1.54, 1.807) is 0 Å². The van der Waals surface area contributed by atoms with Gasteiger partial charge in [0.2, 0.25) is 0 Å². The molecular weight excluding hydrogens is 282 g/mol. The van der Waals surface area contributed by atoms with E-state index in [1.165, 1.54) is 29.8 Å². The normalized spacial score (nSPS) is 25.4. The van der Waals surface area contributed by atoms with Gasteiger partial charge in [-0.2, -0.15) is 11.8 Å². The fraction of sp³-hybridized carbons (Fsp3) is 0.538. The molecule has 0 bridgehead atoms. The molecule has 1 saturated heterocycles. The van der Waals surface area contributed by atoms with Crippen LogP contribution in [0.1, 0.15) is 25.3 Å². The molecule has 2 rings (SSSR count). The summed E-state index contributed by atoms with van der Waals surface area (Å²) in [4.78, 5) is 0. The van der Waals surface area contributed by atoms with Crippen LogP contribution in [0.15, 0.2) is 22.7 Å². The number of hydrogen-bond donors (Lipinski definition) is 1. The van der Waals surface area contributed by atoms with Gasteiger partial charge in [0, 0.05) is 21.5 Å². The van der Waals surface area contributed by atoms with Crippen LogP contribution in [0.4, 0.5) is 5.69 Å². The molecule has 1 aromatic rings. The van der Waals surface area contributed by atoms with Crippen LogP contribution in [0, 0.1) is 6.92 Å². The lowest BCUT2D eigenvalue weighted by Gasteiger charge is -2.30. The monoisotopic (exact) mass is 299 g/mol. The van der Waals surface area contributed by atoms with E-state index in [-0.39, 0.29) is 0 Å². The van der Waals surface area contributed by atoms with Crippen LogP contribution in [0.2, 0.25) is 0 Å². The quantitative estimate of drug-likeness (QED) is 0.866. The highest BCUT2D eigenvalue weighted by molar-refractivity contribution is 9.10. The largest absolute Gasteiger partial charge is 0.381 e. The van der Waals surface area contributed by atoms with Crippen molar-refractivity contribution in [3.8, 4) is 0 Å². The van der Waals surface area contributed by atoms with Crippen molar-refractivity contribution in [3.05, 3.63) is 28.2 Å². The molecule has 0 aliphatic carbocycles. The van der Waals surface area contributed by atoms with Crippen molar-refractivity contribution in [2.24, 2.45) is 0 Å².